The smallest absolute Gasteiger partial charge is 0.225 e. The highest BCUT2D eigenvalue weighted by atomic mass is 16.2. The van der Waals surface area contributed by atoms with Gasteiger partial charge in [0.15, 0.2) is 0 Å². The van der Waals surface area contributed by atoms with Crippen molar-refractivity contribution in [3.63, 3.8) is 0 Å². The lowest BCUT2D eigenvalue weighted by atomic mass is 10.1. The lowest BCUT2D eigenvalue weighted by Crippen LogP contribution is -2.42. The summed E-state index contributed by atoms with van der Waals surface area (Å²) in [6.07, 6.45) is 0.278. The van der Waals surface area contributed by atoms with Crippen LogP contribution >= 0.6 is 0 Å². The van der Waals surface area contributed by atoms with Crippen LogP contribution < -0.4 is 11.1 Å². The number of amides is 2. The molecule has 0 aromatic heterocycles. The van der Waals surface area contributed by atoms with E-state index in [1.807, 2.05) is 44.2 Å². The molecule has 3 N–H and O–H groups in total. The van der Waals surface area contributed by atoms with Gasteiger partial charge in [0, 0.05) is 25.6 Å². The van der Waals surface area contributed by atoms with Crippen molar-refractivity contribution in [1.82, 2.24) is 10.2 Å². The van der Waals surface area contributed by atoms with Crippen LogP contribution in [0.2, 0.25) is 0 Å². The van der Waals surface area contributed by atoms with E-state index in [1.165, 1.54) is 0 Å². The van der Waals surface area contributed by atoms with Gasteiger partial charge in [-0.15, -0.1) is 0 Å². The van der Waals surface area contributed by atoms with Crippen LogP contribution in [0.5, 0.6) is 0 Å². The van der Waals surface area contributed by atoms with E-state index in [2.05, 4.69) is 5.32 Å². The Bertz CT molecular complexity index is 504. The van der Waals surface area contributed by atoms with Crippen LogP contribution in [0, 0.1) is 5.92 Å². The maximum absolute atomic E-state index is 12.2. The van der Waals surface area contributed by atoms with Gasteiger partial charge in [0.1, 0.15) is 0 Å². The summed E-state index contributed by atoms with van der Waals surface area (Å²) in [6, 6.07) is 9.80. The monoisotopic (exact) mass is 289 g/mol. The molecule has 1 saturated heterocycles. The van der Waals surface area contributed by atoms with Gasteiger partial charge in [-0.05, 0) is 19.4 Å². The Morgan fingerprint density at radius 2 is 2.05 bits per heavy atom. The maximum Gasteiger partial charge on any atom is 0.225 e. The van der Waals surface area contributed by atoms with Gasteiger partial charge in [-0.1, -0.05) is 30.3 Å². The van der Waals surface area contributed by atoms with Gasteiger partial charge in [-0.25, -0.2) is 0 Å². The highest BCUT2D eigenvalue weighted by Crippen LogP contribution is 2.28. The first-order valence-corrected chi connectivity index (χ1v) is 7.37. The van der Waals surface area contributed by atoms with Gasteiger partial charge >= 0.3 is 0 Å². The molecule has 1 fully saturated rings. The Morgan fingerprint density at radius 3 is 2.67 bits per heavy atom. The summed E-state index contributed by atoms with van der Waals surface area (Å²) in [6.45, 7) is 4.73. The molecule has 1 aromatic rings. The molecule has 1 heterocycles. The molecule has 2 amide bonds. The highest BCUT2D eigenvalue weighted by molar-refractivity contribution is 5.89. The van der Waals surface area contributed by atoms with Crippen molar-refractivity contribution in [2.75, 3.05) is 13.1 Å². The molecule has 21 heavy (non-hydrogen) atoms. The molecule has 0 saturated carbocycles. The Hall–Kier alpha value is -1.88. The number of benzene rings is 1. The summed E-state index contributed by atoms with van der Waals surface area (Å²) in [7, 11) is 0. The van der Waals surface area contributed by atoms with Gasteiger partial charge in [-0.2, -0.15) is 0 Å². The summed E-state index contributed by atoms with van der Waals surface area (Å²) in [5.74, 6) is -0.325. The van der Waals surface area contributed by atoms with E-state index in [0.717, 1.165) is 5.56 Å². The second-order valence-corrected chi connectivity index (χ2v) is 5.68. The van der Waals surface area contributed by atoms with Gasteiger partial charge in [0.05, 0.1) is 12.0 Å². The SMILES string of the molecule is CC(c1ccccc1)N1CC(C(=O)N[C@@H](C)CN)CC1=O. The van der Waals surface area contributed by atoms with E-state index >= 15 is 0 Å². The van der Waals surface area contributed by atoms with Crippen LogP contribution in [-0.2, 0) is 9.59 Å². The van der Waals surface area contributed by atoms with Crippen LogP contribution in [0.1, 0.15) is 31.9 Å². The van der Waals surface area contributed by atoms with Crippen LogP contribution in [0.3, 0.4) is 0 Å². The van der Waals surface area contributed by atoms with E-state index in [0.29, 0.717) is 13.1 Å². The summed E-state index contributed by atoms with van der Waals surface area (Å²) >= 11 is 0. The summed E-state index contributed by atoms with van der Waals surface area (Å²) in [5.41, 5.74) is 6.59. The van der Waals surface area contributed by atoms with Crippen molar-refractivity contribution in [2.45, 2.75) is 32.4 Å². The van der Waals surface area contributed by atoms with Crippen molar-refractivity contribution in [3.8, 4) is 0 Å². The second-order valence-electron chi connectivity index (χ2n) is 5.68. The number of nitrogens with one attached hydrogen (secondary N) is 1. The topological polar surface area (TPSA) is 75.4 Å². The van der Waals surface area contributed by atoms with Crippen LogP contribution in [0.15, 0.2) is 30.3 Å². The Balaban J connectivity index is 2.01. The highest BCUT2D eigenvalue weighted by Gasteiger charge is 2.37. The second kappa shape index (κ2) is 6.72. The summed E-state index contributed by atoms with van der Waals surface area (Å²) < 4.78 is 0. The molecule has 0 radical (unpaired) electrons. The zero-order valence-corrected chi connectivity index (χ0v) is 12.6. The fourth-order valence-electron chi connectivity index (χ4n) is 2.61. The standard InChI is InChI=1S/C16H23N3O2/c1-11(9-17)18-16(21)14-8-15(20)19(10-14)12(2)13-6-4-3-5-7-13/h3-7,11-12,14H,8-10,17H2,1-2H3,(H,18,21)/t11-,12?,14?/m0/s1. The number of hydrogen-bond acceptors (Lipinski definition) is 3. The van der Waals surface area contributed by atoms with Crippen molar-refractivity contribution in [1.29, 1.82) is 0 Å². The molecular formula is C16H23N3O2. The zero-order valence-electron chi connectivity index (χ0n) is 12.6. The van der Waals surface area contributed by atoms with Crippen LogP contribution in [0.25, 0.3) is 0 Å². The number of carbonyl (C=O) groups excluding carboxylic acids is 2. The molecular weight excluding hydrogens is 266 g/mol. The minimum absolute atomic E-state index is 0.0107. The van der Waals surface area contributed by atoms with Crippen molar-refractivity contribution in [2.24, 2.45) is 11.7 Å². The molecule has 0 aliphatic carbocycles. The number of likely N-dealkylation sites (tertiary alicyclic amines) is 1. The number of nitrogens with two attached hydrogens (primary N) is 1. The van der Waals surface area contributed by atoms with E-state index in [-0.39, 0.29) is 36.2 Å². The molecule has 2 rings (SSSR count). The lowest BCUT2D eigenvalue weighted by Gasteiger charge is -2.25. The first-order valence-electron chi connectivity index (χ1n) is 7.37. The van der Waals surface area contributed by atoms with Crippen molar-refractivity contribution in [3.05, 3.63) is 35.9 Å². The average Bonchev–Trinajstić information content (AvgIpc) is 2.89. The number of nitrogens with zero attached hydrogens (tertiary/aromatic N) is 1. The molecule has 0 bridgehead atoms. The first kappa shape index (κ1) is 15.5. The third-order valence-electron chi connectivity index (χ3n) is 4.02. The molecule has 3 atom stereocenters. The predicted octanol–water partition coefficient (Wildman–Crippen LogP) is 1.06. The van der Waals surface area contributed by atoms with Crippen LogP contribution in [-0.4, -0.2) is 35.8 Å². The minimum Gasteiger partial charge on any atom is -0.352 e. The lowest BCUT2D eigenvalue weighted by molar-refractivity contribution is -0.130. The third kappa shape index (κ3) is 3.61. The summed E-state index contributed by atoms with van der Waals surface area (Å²) in [4.78, 5) is 26.1. The number of hydrogen-bond donors (Lipinski definition) is 2. The van der Waals surface area contributed by atoms with Gasteiger partial charge in [0.2, 0.25) is 11.8 Å². The number of carbonyl (C=O) groups is 2. The molecule has 1 aliphatic rings. The molecule has 2 unspecified atom stereocenters. The predicted molar refractivity (Wildman–Crippen MR) is 81.3 cm³/mol. The Labute approximate surface area is 125 Å². The van der Waals surface area contributed by atoms with E-state index in [9.17, 15) is 9.59 Å². The molecule has 5 heteroatoms. The zero-order chi connectivity index (χ0) is 15.4. The minimum atomic E-state index is -0.280. The van der Waals surface area contributed by atoms with Gasteiger partial charge < -0.3 is 16.0 Å². The Morgan fingerprint density at radius 1 is 1.38 bits per heavy atom. The fraction of sp³-hybridized carbons (Fsp3) is 0.500. The van der Waals surface area contributed by atoms with E-state index in [4.69, 9.17) is 5.73 Å². The summed E-state index contributed by atoms with van der Waals surface area (Å²) in [5, 5.41) is 2.85. The molecule has 1 aromatic carbocycles. The van der Waals surface area contributed by atoms with Crippen molar-refractivity contribution < 1.29 is 9.59 Å². The number of rotatable bonds is 5. The van der Waals surface area contributed by atoms with E-state index < -0.39 is 0 Å². The van der Waals surface area contributed by atoms with Crippen molar-refractivity contribution >= 4 is 11.8 Å². The van der Waals surface area contributed by atoms with E-state index in [1.54, 1.807) is 4.90 Å². The third-order valence-corrected chi connectivity index (χ3v) is 4.02. The molecule has 5 nitrogen and oxygen atoms in total. The largest absolute Gasteiger partial charge is 0.352 e. The first-order chi connectivity index (χ1) is 10.0. The molecule has 1 aliphatic heterocycles. The van der Waals surface area contributed by atoms with Crippen LogP contribution in [0.4, 0.5) is 0 Å². The quantitative estimate of drug-likeness (QED) is 0.851. The average molecular weight is 289 g/mol. The van der Waals surface area contributed by atoms with Gasteiger partial charge in [0.25, 0.3) is 0 Å². The normalized spacial score (nSPS) is 21.2. The Kier molecular flexibility index (Phi) is 4.96. The fourth-order valence-corrected chi connectivity index (χ4v) is 2.61. The van der Waals surface area contributed by atoms with Gasteiger partial charge in [-0.3, -0.25) is 9.59 Å². The molecule has 114 valence electrons. The maximum atomic E-state index is 12.2. The molecule has 0 spiro atoms.